The fraction of sp³-hybridized carbons (Fsp3) is 0.375. The van der Waals surface area contributed by atoms with Crippen LogP contribution in [0.2, 0.25) is 0 Å². The largest absolute Gasteiger partial charge is 0.480 e. The molecular formula is C24H29N5O9. The number of ether oxygens (including phenoxy) is 1. The fourth-order valence-corrected chi connectivity index (χ4v) is 3.16. The number of nitrogens with zero attached hydrogens (tertiary/aromatic N) is 1. The standard InChI is InChI=1S/C24H29N5O9/c1-14(2)22(28-17(30)9-10-29-19(32)7-8-20(29)33)23(36)25-11-18(31)27-16-5-3-15(4-6-16)13-38-24(37)26-12-21(34)35/h3-8,14,22H,9-13H2,1-2H3,(H,25,36)(H,26,37)(H,27,31)(H,28,30)(H,34,35). The third kappa shape index (κ3) is 9.72. The summed E-state index contributed by atoms with van der Waals surface area (Å²) in [7, 11) is 0. The smallest absolute Gasteiger partial charge is 0.407 e. The van der Waals surface area contributed by atoms with Crippen molar-refractivity contribution in [3.8, 4) is 0 Å². The number of imide groups is 1. The van der Waals surface area contributed by atoms with Crippen molar-refractivity contribution in [1.29, 1.82) is 0 Å². The van der Waals surface area contributed by atoms with E-state index in [9.17, 15) is 33.6 Å². The fourth-order valence-electron chi connectivity index (χ4n) is 3.16. The first kappa shape index (κ1) is 29.5. The van der Waals surface area contributed by atoms with Crippen molar-refractivity contribution in [2.45, 2.75) is 32.9 Å². The molecule has 0 aliphatic carbocycles. The van der Waals surface area contributed by atoms with E-state index in [2.05, 4.69) is 21.3 Å². The predicted molar refractivity (Wildman–Crippen MR) is 131 cm³/mol. The van der Waals surface area contributed by atoms with E-state index in [1.54, 1.807) is 38.1 Å². The van der Waals surface area contributed by atoms with E-state index in [1.807, 2.05) is 0 Å². The number of benzene rings is 1. The number of carbonyl (C=O) groups excluding carboxylic acids is 6. The second-order valence-corrected chi connectivity index (χ2v) is 8.49. The number of alkyl carbamates (subject to hydrolysis) is 1. The molecule has 0 radical (unpaired) electrons. The van der Waals surface area contributed by atoms with Crippen molar-refractivity contribution in [2.75, 3.05) is 25.0 Å². The highest BCUT2D eigenvalue weighted by atomic mass is 16.5. The lowest BCUT2D eigenvalue weighted by molar-refractivity contribution is -0.138. The van der Waals surface area contributed by atoms with Crippen LogP contribution in [0.25, 0.3) is 0 Å². The first-order chi connectivity index (χ1) is 18.0. The van der Waals surface area contributed by atoms with Gasteiger partial charge in [-0.05, 0) is 23.6 Å². The highest BCUT2D eigenvalue weighted by molar-refractivity contribution is 6.13. The lowest BCUT2D eigenvalue weighted by Gasteiger charge is -2.22. The monoisotopic (exact) mass is 531 g/mol. The summed E-state index contributed by atoms with van der Waals surface area (Å²) in [5, 5.41) is 18.2. The molecule has 1 atom stereocenters. The van der Waals surface area contributed by atoms with Crippen molar-refractivity contribution in [3.05, 3.63) is 42.0 Å². The Balaban J connectivity index is 1.76. The van der Waals surface area contributed by atoms with Gasteiger partial charge in [0.25, 0.3) is 11.8 Å². The summed E-state index contributed by atoms with van der Waals surface area (Å²) in [6.07, 6.45) is 1.17. The average Bonchev–Trinajstić information content (AvgIpc) is 3.19. The number of amides is 6. The molecule has 1 aliphatic rings. The van der Waals surface area contributed by atoms with E-state index in [4.69, 9.17) is 9.84 Å². The first-order valence-corrected chi connectivity index (χ1v) is 11.6. The molecule has 1 aliphatic heterocycles. The Morgan fingerprint density at radius 1 is 0.921 bits per heavy atom. The summed E-state index contributed by atoms with van der Waals surface area (Å²) in [4.78, 5) is 83.0. The van der Waals surface area contributed by atoms with Crippen LogP contribution in [0.5, 0.6) is 0 Å². The first-order valence-electron chi connectivity index (χ1n) is 11.6. The van der Waals surface area contributed by atoms with E-state index >= 15 is 0 Å². The van der Waals surface area contributed by atoms with Crippen LogP contribution in [0.1, 0.15) is 25.8 Å². The Labute approximate surface area is 217 Å². The van der Waals surface area contributed by atoms with Gasteiger partial charge in [0.2, 0.25) is 17.7 Å². The number of carboxylic acids is 1. The number of anilines is 1. The lowest BCUT2D eigenvalue weighted by Crippen LogP contribution is -2.51. The summed E-state index contributed by atoms with van der Waals surface area (Å²) >= 11 is 0. The highest BCUT2D eigenvalue weighted by Gasteiger charge is 2.27. The molecule has 0 spiro atoms. The Hall–Kier alpha value is -4.75. The van der Waals surface area contributed by atoms with Gasteiger partial charge in [0.05, 0.1) is 6.54 Å². The van der Waals surface area contributed by atoms with Gasteiger partial charge in [0, 0.05) is 30.8 Å². The zero-order valence-electron chi connectivity index (χ0n) is 20.8. The van der Waals surface area contributed by atoms with Gasteiger partial charge < -0.3 is 31.1 Å². The number of carbonyl (C=O) groups is 7. The van der Waals surface area contributed by atoms with E-state index in [0.29, 0.717) is 11.3 Å². The Morgan fingerprint density at radius 2 is 1.55 bits per heavy atom. The van der Waals surface area contributed by atoms with Gasteiger partial charge in [-0.3, -0.25) is 33.7 Å². The molecule has 0 aromatic heterocycles. The van der Waals surface area contributed by atoms with Crippen LogP contribution in [-0.4, -0.2) is 77.3 Å². The summed E-state index contributed by atoms with van der Waals surface area (Å²) in [5.74, 6) is -4.15. The quantitative estimate of drug-likeness (QED) is 0.208. The number of hydrogen-bond donors (Lipinski definition) is 5. The van der Waals surface area contributed by atoms with Gasteiger partial charge in [-0.2, -0.15) is 0 Å². The van der Waals surface area contributed by atoms with Crippen molar-refractivity contribution >= 4 is 47.3 Å². The van der Waals surface area contributed by atoms with Crippen LogP contribution in [0.15, 0.2) is 36.4 Å². The van der Waals surface area contributed by atoms with E-state index in [-0.39, 0.29) is 32.0 Å². The summed E-state index contributed by atoms with van der Waals surface area (Å²) in [5.41, 5.74) is 1.00. The van der Waals surface area contributed by atoms with Crippen LogP contribution in [0.4, 0.5) is 10.5 Å². The topological polar surface area (TPSA) is 200 Å². The molecule has 2 rings (SSSR count). The Bertz CT molecular complexity index is 1100. The molecule has 0 saturated carbocycles. The molecule has 0 saturated heterocycles. The van der Waals surface area contributed by atoms with Gasteiger partial charge in [0.1, 0.15) is 19.2 Å². The molecule has 14 nitrogen and oxygen atoms in total. The minimum absolute atomic E-state index is 0.112. The Kier molecular flexibility index (Phi) is 10.9. The molecule has 1 heterocycles. The van der Waals surface area contributed by atoms with E-state index < -0.39 is 54.2 Å². The van der Waals surface area contributed by atoms with Crippen molar-refractivity contribution in [2.24, 2.45) is 5.92 Å². The van der Waals surface area contributed by atoms with Gasteiger partial charge >= 0.3 is 12.1 Å². The second-order valence-electron chi connectivity index (χ2n) is 8.49. The van der Waals surface area contributed by atoms with Gasteiger partial charge in [-0.1, -0.05) is 26.0 Å². The SMILES string of the molecule is CC(C)C(NC(=O)CCN1C(=O)C=CC1=O)C(=O)NCC(=O)Nc1ccc(COC(=O)NCC(=O)O)cc1. The third-order valence-electron chi connectivity index (χ3n) is 5.14. The van der Waals surface area contributed by atoms with Crippen LogP contribution in [0.3, 0.4) is 0 Å². The van der Waals surface area contributed by atoms with E-state index in [0.717, 1.165) is 17.1 Å². The maximum Gasteiger partial charge on any atom is 0.407 e. The summed E-state index contributed by atoms with van der Waals surface area (Å²) in [6, 6.07) is 5.34. The molecule has 0 fully saturated rings. The molecule has 1 unspecified atom stereocenters. The molecule has 14 heteroatoms. The van der Waals surface area contributed by atoms with Crippen LogP contribution < -0.4 is 21.3 Å². The predicted octanol–water partition coefficient (Wildman–Crippen LogP) is -0.492. The Morgan fingerprint density at radius 3 is 2.13 bits per heavy atom. The number of carboxylic acid groups (broad SMARTS) is 1. The summed E-state index contributed by atoms with van der Waals surface area (Å²) < 4.78 is 4.87. The van der Waals surface area contributed by atoms with Gasteiger partial charge in [-0.25, -0.2) is 4.79 Å². The number of rotatable bonds is 13. The molecule has 1 aromatic rings. The van der Waals surface area contributed by atoms with E-state index in [1.165, 1.54) is 0 Å². The minimum atomic E-state index is -1.20. The second kappa shape index (κ2) is 14.1. The molecule has 38 heavy (non-hydrogen) atoms. The third-order valence-corrected chi connectivity index (χ3v) is 5.14. The van der Waals surface area contributed by atoms with Crippen LogP contribution in [0, 0.1) is 5.92 Å². The minimum Gasteiger partial charge on any atom is -0.480 e. The van der Waals surface area contributed by atoms with Crippen LogP contribution >= 0.6 is 0 Å². The summed E-state index contributed by atoms with van der Waals surface area (Å²) in [6.45, 7) is 2.26. The molecule has 6 amide bonds. The molecule has 1 aromatic carbocycles. The van der Waals surface area contributed by atoms with Crippen molar-refractivity contribution in [3.63, 3.8) is 0 Å². The average molecular weight is 532 g/mol. The van der Waals surface area contributed by atoms with Gasteiger partial charge in [-0.15, -0.1) is 0 Å². The number of nitrogens with one attached hydrogen (secondary N) is 4. The van der Waals surface area contributed by atoms with Crippen molar-refractivity contribution in [1.82, 2.24) is 20.9 Å². The lowest BCUT2D eigenvalue weighted by atomic mass is 10.0. The van der Waals surface area contributed by atoms with Crippen LogP contribution in [-0.2, 0) is 40.1 Å². The number of aliphatic carboxylic acids is 1. The highest BCUT2D eigenvalue weighted by Crippen LogP contribution is 2.11. The number of hydrogen-bond acceptors (Lipinski definition) is 8. The molecule has 204 valence electrons. The van der Waals surface area contributed by atoms with Crippen molar-refractivity contribution < 1.29 is 43.4 Å². The van der Waals surface area contributed by atoms with Gasteiger partial charge in [0.15, 0.2) is 0 Å². The normalized spacial score (nSPS) is 13.2. The molecular weight excluding hydrogens is 502 g/mol. The zero-order valence-corrected chi connectivity index (χ0v) is 20.8. The molecule has 0 bridgehead atoms. The zero-order chi connectivity index (χ0) is 28.2. The maximum atomic E-state index is 12.6. The molecule has 5 N–H and O–H groups in total. The maximum absolute atomic E-state index is 12.6.